The van der Waals surface area contributed by atoms with Crippen LogP contribution >= 0.6 is 0 Å². The van der Waals surface area contributed by atoms with Crippen molar-refractivity contribution in [1.29, 1.82) is 5.26 Å². The number of aryl methyl sites for hydroxylation is 1. The standard InChI is InChI=1S/C9H12N4O2/c1-6(2)15-9(14)11-8-7(4-10)5-13(3)12-8/h5-6H,1-3H3,(H,11,12,14). The maximum absolute atomic E-state index is 11.2. The van der Waals surface area contributed by atoms with Gasteiger partial charge in [0.05, 0.1) is 6.10 Å². The van der Waals surface area contributed by atoms with E-state index in [0.29, 0.717) is 5.56 Å². The van der Waals surface area contributed by atoms with Gasteiger partial charge < -0.3 is 4.74 Å². The summed E-state index contributed by atoms with van der Waals surface area (Å²) in [6.45, 7) is 3.48. The van der Waals surface area contributed by atoms with E-state index in [2.05, 4.69) is 10.4 Å². The fourth-order valence-electron chi connectivity index (χ4n) is 1.00. The van der Waals surface area contributed by atoms with Crippen molar-refractivity contribution in [2.45, 2.75) is 20.0 Å². The van der Waals surface area contributed by atoms with Crippen molar-refractivity contribution >= 4 is 11.9 Å². The first-order valence-electron chi connectivity index (χ1n) is 4.44. The van der Waals surface area contributed by atoms with E-state index in [1.807, 2.05) is 6.07 Å². The van der Waals surface area contributed by atoms with Crippen molar-refractivity contribution < 1.29 is 9.53 Å². The second-order valence-corrected chi connectivity index (χ2v) is 3.26. The highest BCUT2D eigenvalue weighted by atomic mass is 16.6. The van der Waals surface area contributed by atoms with Gasteiger partial charge in [0.1, 0.15) is 11.6 Å². The molecule has 15 heavy (non-hydrogen) atoms. The number of carbonyl (C=O) groups is 1. The van der Waals surface area contributed by atoms with Crippen LogP contribution in [0.3, 0.4) is 0 Å². The Balaban J connectivity index is 2.72. The van der Waals surface area contributed by atoms with Crippen LogP contribution in [0.5, 0.6) is 0 Å². The molecule has 0 saturated carbocycles. The maximum Gasteiger partial charge on any atom is 0.413 e. The molecular weight excluding hydrogens is 196 g/mol. The fourth-order valence-corrected chi connectivity index (χ4v) is 1.00. The molecular formula is C9H12N4O2. The Hall–Kier alpha value is -2.03. The zero-order chi connectivity index (χ0) is 11.4. The molecule has 0 atom stereocenters. The van der Waals surface area contributed by atoms with E-state index in [1.54, 1.807) is 20.9 Å². The lowest BCUT2D eigenvalue weighted by Crippen LogP contribution is -2.18. The van der Waals surface area contributed by atoms with Gasteiger partial charge in [0.2, 0.25) is 0 Å². The number of hydrogen-bond acceptors (Lipinski definition) is 4. The van der Waals surface area contributed by atoms with E-state index in [9.17, 15) is 4.79 Å². The minimum Gasteiger partial charge on any atom is -0.447 e. The predicted octanol–water partition coefficient (Wildman–Crippen LogP) is 1.25. The Morgan fingerprint density at radius 1 is 1.73 bits per heavy atom. The molecule has 0 aliphatic heterocycles. The number of nitrogens with zero attached hydrogens (tertiary/aromatic N) is 3. The first kappa shape index (κ1) is 11.0. The summed E-state index contributed by atoms with van der Waals surface area (Å²) in [5.41, 5.74) is 0.304. The summed E-state index contributed by atoms with van der Waals surface area (Å²) in [5, 5.41) is 15.0. The van der Waals surface area contributed by atoms with Gasteiger partial charge in [0.25, 0.3) is 0 Å². The van der Waals surface area contributed by atoms with Crippen LogP contribution in [0.4, 0.5) is 10.6 Å². The number of aromatic nitrogens is 2. The van der Waals surface area contributed by atoms with Crippen molar-refractivity contribution in [2.24, 2.45) is 7.05 Å². The lowest BCUT2D eigenvalue weighted by atomic mass is 10.4. The molecule has 1 rings (SSSR count). The second kappa shape index (κ2) is 4.46. The zero-order valence-corrected chi connectivity index (χ0v) is 8.81. The van der Waals surface area contributed by atoms with Gasteiger partial charge in [-0.25, -0.2) is 4.79 Å². The third-order valence-electron chi connectivity index (χ3n) is 1.51. The first-order valence-corrected chi connectivity index (χ1v) is 4.44. The third-order valence-corrected chi connectivity index (χ3v) is 1.51. The molecule has 0 aliphatic rings. The van der Waals surface area contributed by atoms with Gasteiger partial charge in [-0.1, -0.05) is 0 Å². The van der Waals surface area contributed by atoms with E-state index < -0.39 is 6.09 Å². The topological polar surface area (TPSA) is 79.9 Å². The number of nitrogens with one attached hydrogen (secondary N) is 1. The molecule has 0 bridgehead atoms. The molecule has 1 aromatic rings. The average Bonchev–Trinajstić information content (AvgIpc) is 2.44. The molecule has 80 valence electrons. The van der Waals surface area contributed by atoms with Crippen LogP contribution in [0.2, 0.25) is 0 Å². The van der Waals surface area contributed by atoms with Gasteiger partial charge in [0, 0.05) is 13.2 Å². The summed E-state index contributed by atoms with van der Waals surface area (Å²) in [7, 11) is 1.67. The van der Waals surface area contributed by atoms with Crippen molar-refractivity contribution in [3.8, 4) is 6.07 Å². The van der Waals surface area contributed by atoms with Crippen LogP contribution in [-0.2, 0) is 11.8 Å². The lowest BCUT2D eigenvalue weighted by Gasteiger charge is -2.07. The molecule has 0 fully saturated rings. The van der Waals surface area contributed by atoms with Crippen LogP contribution in [0, 0.1) is 11.3 Å². The van der Waals surface area contributed by atoms with Crippen LogP contribution in [0.25, 0.3) is 0 Å². The van der Waals surface area contributed by atoms with E-state index in [0.717, 1.165) is 0 Å². The molecule has 0 saturated heterocycles. The van der Waals surface area contributed by atoms with Crippen molar-refractivity contribution in [1.82, 2.24) is 9.78 Å². The van der Waals surface area contributed by atoms with Crippen molar-refractivity contribution in [2.75, 3.05) is 5.32 Å². The monoisotopic (exact) mass is 208 g/mol. The Kier molecular flexibility index (Phi) is 3.29. The van der Waals surface area contributed by atoms with E-state index in [4.69, 9.17) is 10.00 Å². The molecule has 1 N–H and O–H groups in total. The molecule has 6 nitrogen and oxygen atoms in total. The lowest BCUT2D eigenvalue weighted by molar-refractivity contribution is 0.130. The smallest absolute Gasteiger partial charge is 0.413 e. The molecule has 1 amide bonds. The number of anilines is 1. The van der Waals surface area contributed by atoms with Gasteiger partial charge in [-0.3, -0.25) is 10.00 Å². The van der Waals surface area contributed by atoms with Crippen molar-refractivity contribution in [3.05, 3.63) is 11.8 Å². The number of carbonyl (C=O) groups excluding carboxylic acids is 1. The van der Waals surface area contributed by atoms with Crippen LogP contribution in [0.1, 0.15) is 19.4 Å². The van der Waals surface area contributed by atoms with E-state index in [-0.39, 0.29) is 11.9 Å². The Labute approximate surface area is 87.4 Å². The van der Waals surface area contributed by atoms with Gasteiger partial charge in [0.15, 0.2) is 5.82 Å². The quantitative estimate of drug-likeness (QED) is 0.793. The van der Waals surface area contributed by atoms with E-state index in [1.165, 1.54) is 10.9 Å². The fraction of sp³-hybridized carbons (Fsp3) is 0.444. The average molecular weight is 208 g/mol. The molecule has 1 heterocycles. The molecule has 0 aromatic carbocycles. The minimum absolute atomic E-state index is 0.209. The number of rotatable bonds is 2. The highest BCUT2D eigenvalue weighted by Gasteiger charge is 2.12. The summed E-state index contributed by atoms with van der Waals surface area (Å²) in [6.07, 6.45) is 0.699. The molecule has 0 radical (unpaired) electrons. The first-order chi connectivity index (χ1) is 7.02. The number of amides is 1. The van der Waals surface area contributed by atoms with Crippen LogP contribution in [-0.4, -0.2) is 22.0 Å². The molecule has 0 spiro atoms. The van der Waals surface area contributed by atoms with Crippen LogP contribution in [0.15, 0.2) is 6.20 Å². The Morgan fingerprint density at radius 3 is 2.93 bits per heavy atom. The van der Waals surface area contributed by atoms with E-state index >= 15 is 0 Å². The molecule has 0 unspecified atom stereocenters. The van der Waals surface area contributed by atoms with Crippen LogP contribution < -0.4 is 5.32 Å². The summed E-state index contributed by atoms with van der Waals surface area (Å²) in [5.74, 6) is 0.214. The van der Waals surface area contributed by atoms with Gasteiger partial charge in [-0.2, -0.15) is 10.4 Å². The summed E-state index contributed by atoms with van der Waals surface area (Å²) in [6, 6.07) is 1.92. The Morgan fingerprint density at radius 2 is 2.40 bits per heavy atom. The third kappa shape index (κ3) is 2.98. The number of nitriles is 1. The largest absolute Gasteiger partial charge is 0.447 e. The maximum atomic E-state index is 11.2. The number of ether oxygens (including phenoxy) is 1. The Bertz CT molecular complexity index is 403. The summed E-state index contributed by atoms with van der Waals surface area (Å²) >= 11 is 0. The van der Waals surface area contributed by atoms with Crippen molar-refractivity contribution in [3.63, 3.8) is 0 Å². The molecule has 6 heteroatoms. The normalized spacial score (nSPS) is 9.80. The molecule has 1 aromatic heterocycles. The van der Waals surface area contributed by atoms with Gasteiger partial charge in [-0.15, -0.1) is 0 Å². The predicted molar refractivity (Wildman–Crippen MR) is 53.2 cm³/mol. The molecule has 0 aliphatic carbocycles. The second-order valence-electron chi connectivity index (χ2n) is 3.26. The highest BCUT2D eigenvalue weighted by Crippen LogP contribution is 2.11. The summed E-state index contributed by atoms with van der Waals surface area (Å²) < 4.78 is 6.30. The number of hydrogen-bond donors (Lipinski definition) is 1. The SMILES string of the molecule is CC(C)OC(=O)Nc1nn(C)cc1C#N. The minimum atomic E-state index is -0.611. The summed E-state index contributed by atoms with van der Waals surface area (Å²) in [4.78, 5) is 11.2. The van der Waals surface area contributed by atoms with Gasteiger partial charge >= 0.3 is 6.09 Å². The highest BCUT2D eigenvalue weighted by molar-refractivity contribution is 5.84. The zero-order valence-electron chi connectivity index (χ0n) is 8.81. The van der Waals surface area contributed by atoms with Gasteiger partial charge in [-0.05, 0) is 13.8 Å².